The predicted octanol–water partition coefficient (Wildman–Crippen LogP) is 2.41. The molecule has 0 saturated heterocycles. The molecule has 4 nitrogen and oxygen atoms in total. The molecule has 1 aromatic carbocycles. The van der Waals surface area contributed by atoms with Gasteiger partial charge in [-0.15, -0.1) is 0 Å². The first kappa shape index (κ1) is 13.8. The lowest BCUT2D eigenvalue weighted by Crippen LogP contribution is -2.14. The van der Waals surface area contributed by atoms with Crippen molar-refractivity contribution in [2.75, 3.05) is 6.61 Å². The minimum absolute atomic E-state index is 0.292. The molecule has 18 heavy (non-hydrogen) atoms. The van der Waals surface area contributed by atoms with Gasteiger partial charge in [-0.2, -0.15) is 0 Å². The van der Waals surface area contributed by atoms with Gasteiger partial charge in [-0.1, -0.05) is 12.8 Å². The molecule has 0 bridgehead atoms. The number of sulfonamides is 1. The Morgan fingerprint density at radius 3 is 2.67 bits per heavy atom. The maximum absolute atomic E-state index is 13.6. The van der Waals surface area contributed by atoms with Crippen LogP contribution in [-0.2, 0) is 10.0 Å². The molecule has 0 atom stereocenters. The topological polar surface area (TPSA) is 69.4 Å². The van der Waals surface area contributed by atoms with Crippen LogP contribution in [0.15, 0.2) is 21.5 Å². The van der Waals surface area contributed by atoms with Gasteiger partial charge < -0.3 is 4.74 Å². The first-order valence-corrected chi connectivity index (χ1v) is 7.86. The molecule has 0 heterocycles. The maximum atomic E-state index is 13.6. The lowest BCUT2D eigenvalue weighted by Gasteiger charge is -2.09. The summed E-state index contributed by atoms with van der Waals surface area (Å²) in [5, 5.41) is 4.90. The summed E-state index contributed by atoms with van der Waals surface area (Å²) < 4.78 is 41.6. The second-order valence-electron chi connectivity index (χ2n) is 4.34. The number of ether oxygens (including phenoxy) is 1. The molecule has 1 aliphatic carbocycles. The van der Waals surface area contributed by atoms with Crippen molar-refractivity contribution >= 4 is 26.0 Å². The predicted molar refractivity (Wildman–Crippen MR) is 68.3 cm³/mol. The largest absolute Gasteiger partial charge is 0.492 e. The molecule has 1 aliphatic rings. The van der Waals surface area contributed by atoms with Crippen molar-refractivity contribution in [3.63, 3.8) is 0 Å². The van der Waals surface area contributed by atoms with E-state index in [1.807, 2.05) is 0 Å². The average molecular weight is 338 g/mol. The Kier molecular flexibility index (Phi) is 3.93. The molecular formula is C11H13BrFNO3S. The summed E-state index contributed by atoms with van der Waals surface area (Å²) in [6.45, 7) is 0.497. The van der Waals surface area contributed by atoms with E-state index < -0.39 is 20.7 Å². The van der Waals surface area contributed by atoms with Crippen LogP contribution in [0.3, 0.4) is 0 Å². The molecule has 1 fully saturated rings. The standard InChI is InChI=1S/C11H13BrFNO3S/c12-8-5-11(18(14,15)16)9(13)6-10(8)17-4-3-7-1-2-7/h5-7H,1-4H2,(H2,14,15,16). The molecule has 7 heteroatoms. The summed E-state index contributed by atoms with van der Waals surface area (Å²) in [4.78, 5) is -0.538. The summed E-state index contributed by atoms with van der Waals surface area (Å²) in [5.41, 5.74) is 0. The molecule has 1 saturated carbocycles. The van der Waals surface area contributed by atoms with Crippen molar-refractivity contribution in [2.24, 2.45) is 11.1 Å². The molecule has 1 aromatic rings. The fourth-order valence-electron chi connectivity index (χ4n) is 1.58. The van der Waals surface area contributed by atoms with Gasteiger partial charge in [-0.3, -0.25) is 0 Å². The molecular weight excluding hydrogens is 325 g/mol. The molecule has 2 N–H and O–H groups in total. The Hall–Kier alpha value is -0.660. The minimum atomic E-state index is -4.06. The molecule has 0 amide bonds. The van der Waals surface area contributed by atoms with Crippen molar-refractivity contribution in [1.82, 2.24) is 0 Å². The minimum Gasteiger partial charge on any atom is -0.492 e. The van der Waals surface area contributed by atoms with Gasteiger partial charge >= 0.3 is 0 Å². The number of hydrogen-bond donors (Lipinski definition) is 1. The van der Waals surface area contributed by atoms with E-state index in [1.165, 1.54) is 12.8 Å². The van der Waals surface area contributed by atoms with Gasteiger partial charge in [-0.05, 0) is 34.3 Å². The van der Waals surface area contributed by atoms with Crippen molar-refractivity contribution in [1.29, 1.82) is 0 Å². The highest BCUT2D eigenvalue weighted by molar-refractivity contribution is 9.10. The fraction of sp³-hybridized carbons (Fsp3) is 0.455. The van der Waals surface area contributed by atoms with Crippen LogP contribution in [0.1, 0.15) is 19.3 Å². The molecule has 0 radical (unpaired) electrons. The van der Waals surface area contributed by atoms with E-state index >= 15 is 0 Å². The Morgan fingerprint density at radius 2 is 2.11 bits per heavy atom. The van der Waals surface area contributed by atoms with Gasteiger partial charge in [0.1, 0.15) is 16.5 Å². The van der Waals surface area contributed by atoms with Gasteiger partial charge in [0.15, 0.2) is 0 Å². The van der Waals surface area contributed by atoms with Gasteiger partial charge in [0, 0.05) is 6.07 Å². The van der Waals surface area contributed by atoms with E-state index in [2.05, 4.69) is 15.9 Å². The number of benzene rings is 1. The summed E-state index contributed by atoms with van der Waals surface area (Å²) in [6, 6.07) is 2.16. The fourth-order valence-corrected chi connectivity index (χ4v) is 2.80. The van der Waals surface area contributed by atoms with Crippen LogP contribution >= 0.6 is 15.9 Å². The van der Waals surface area contributed by atoms with Crippen LogP contribution in [0.4, 0.5) is 4.39 Å². The first-order valence-electron chi connectivity index (χ1n) is 5.52. The Balaban J connectivity index is 2.14. The third kappa shape index (κ3) is 3.43. The highest BCUT2D eigenvalue weighted by atomic mass is 79.9. The molecule has 0 unspecified atom stereocenters. The summed E-state index contributed by atoms with van der Waals surface area (Å²) >= 11 is 3.14. The molecule has 0 spiro atoms. The molecule has 0 aliphatic heterocycles. The van der Waals surface area contributed by atoms with Gasteiger partial charge in [0.2, 0.25) is 10.0 Å². The number of primary sulfonamides is 1. The van der Waals surface area contributed by atoms with Crippen LogP contribution in [0.25, 0.3) is 0 Å². The molecule has 2 rings (SSSR count). The zero-order valence-corrected chi connectivity index (χ0v) is 11.9. The van der Waals surface area contributed by atoms with Crippen molar-refractivity contribution in [3.05, 3.63) is 22.4 Å². The summed E-state index contributed by atoms with van der Waals surface area (Å²) in [7, 11) is -4.06. The van der Waals surface area contributed by atoms with E-state index in [1.54, 1.807) is 0 Å². The quantitative estimate of drug-likeness (QED) is 0.896. The Labute approximate surface area is 113 Å². The van der Waals surface area contributed by atoms with E-state index in [4.69, 9.17) is 9.88 Å². The normalized spacial score (nSPS) is 15.7. The Bertz CT molecular complexity index is 558. The lowest BCUT2D eigenvalue weighted by atomic mass is 10.3. The third-order valence-corrected chi connectivity index (χ3v) is 4.32. The van der Waals surface area contributed by atoms with E-state index in [-0.39, 0.29) is 0 Å². The van der Waals surface area contributed by atoms with E-state index in [9.17, 15) is 12.8 Å². The average Bonchev–Trinajstić information content (AvgIpc) is 3.05. The van der Waals surface area contributed by atoms with E-state index in [0.717, 1.165) is 24.5 Å². The summed E-state index contributed by atoms with van der Waals surface area (Å²) in [6.07, 6.45) is 3.39. The second-order valence-corrected chi connectivity index (χ2v) is 6.72. The Morgan fingerprint density at radius 1 is 1.44 bits per heavy atom. The highest BCUT2D eigenvalue weighted by Gasteiger charge is 2.22. The SMILES string of the molecule is NS(=O)(=O)c1cc(Br)c(OCCC2CC2)cc1F. The van der Waals surface area contributed by atoms with Gasteiger partial charge in [-0.25, -0.2) is 17.9 Å². The first-order chi connectivity index (χ1) is 8.38. The zero-order chi connectivity index (χ0) is 13.3. The highest BCUT2D eigenvalue weighted by Crippen LogP contribution is 2.34. The van der Waals surface area contributed by atoms with E-state index in [0.29, 0.717) is 16.8 Å². The number of rotatable bonds is 5. The van der Waals surface area contributed by atoms with Crippen LogP contribution in [0, 0.1) is 11.7 Å². The molecule has 100 valence electrons. The van der Waals surface area contributed by atoms with Gasteiger partial charge in [0.05, 0.1) is 11.1 Å². The van der Waals surface area contributed by atoms with Crippen molar-refractivity contribution in [3.8, 4) is 5.75 Å². The van der Waals surface area contributed by atoms with Crippen LogP contribution < -0.4 is 9.88 Å². The third-order valence-electron chi connectivity index (χ3n) is 2.77. The number of halogens is 2. The van der Waals surface area contributed by atoms with Crippen LogP contribution in [0.5, 0.6) is 5.75 Å². The number of nitrogens with two attached hydrogens (primary N) is 1. The summed E-state index contributed by atoms with van der Waals surface area (Å²) in [5.74, 6) is 0.111. The monoisotopic (exact) mass is 337 g/mol. The lowest BCUT2D eigenvalue weighted by molar-refractivity contribution is 0.298. The number of hydrogen-bond acceptors (Lipinski definition) is 3. The smallest absolute Gasteiger partial charge is 0.241 e. The zero-order valence-electron chi connectivity index (χ0n) is 9.53. The van der Waals surface area contributed by atoms with Crippen LogP contribution in [-0.4, -0.2) is 15.0 Å². The van der Waals surface area contributed by atoms with Crippen molar-refractivity contribution < 1.29 is 17.5 Å². The van der Waals surface area contributed by atoms with Crippen molar-refractivity contribution in [2.45, 2.75) is 24.2 Å². The van der Waals surface area contributed by atoms with Crippen LogP contribution in [0.2, 0.25) is 0 Å². The molecule has 0 aromatic heterocycles. The second kappa shape index (κ2) is 5.14. The van der Waals surface area contributed by atoms with Gasteiger partial charge in [0.25, 0.3) is 0 Å². The maximum Gasteiger partial charge on any atom is 0.241 e.